The van der Waals surface area contributed by atoms with E-state index in [2.05, 4.69) is 278 Å². The van der Waals surface area contributed by atoms with Crippen LogP contribution in [0.4, 0.5) is 17.1 Å². The van der Waals surface area contributed by atoms with Crippen molar-refractivity contribution in [1.29, 1.82) is 0 Å². The molecule has 12 aromatic carbocycles. The molecule has 2 nitrogen and oxygen atoms in total. The number of hydrogen-bond acceptors (Lipinski definition) is 2. The Kier molecular flexibility index (Phi) is 8.62. The van der Waals surface area contributed by atoms with E-state index in [1.54, 1.807) is 0 Å². The van der Waals surface area contributed by atoms with Gasteiger partial charge in [0.1, 0.15) is 11.2 Å². The van der Waals surface area contributed by atoms with Crippen LogP contribution in [0.15, 0.2) is 277 Å². The van der Waals surface area contributed by atoms with Gasteiger partial charge in [-0.2, -0.15) is 0 Å². The van der Waals surface area contributed by atoms with Gasteiger partial charge in [0.15, 0.2) is 0 Å². The number of para-hydroxylation sites is 2. The Morgan fingerprint density at radius 3 is 1.43 bits per heavy atom. The maximum absolute atomic E-state index is 7.15. The molecule has 0 aliphatic heterocycles. The van der Waals surface area contributed by atoms with Crippen molar-refractivity contribution in [1.82, 2.24) is 0 Å². The summed E-state index contributed by atoms with van der Waals surface area (Å²) in [6.07, 6.45) is 0. The molecule has 3 aliphatic rings. The van der Waals surface area contributed by atoms with Gasteiger partial charge in [0, 0.05) is 38.5 Å². The summed E-state index contributed by atoms with van der Waals surface area (Å²) in [6.45, 7) is 0. The topological polar surface area (TPSA) is 16.4 Å². The predicted molar refractivity (Wildman–Crippen MR) is 305 cm³/mol. The molecule has 1 spiro atoms. The first kappa shape index (κ1) is 41.2. The fourth-order valence-electron chi connectivity index (χ4n) is 13.9. The number of nitrogens with zero attached hydrogens (tertiary/aromatic N) is 1. The van der Waals surface area contributed by atoms with Crippen LogP contribution in [0.2, 0.25) is 0 Å². The summed E-state index contributed by atoms with van der Waals surface area (Å²) in [5.74, 6) is 0. The zero-order chi connectivity index (χ0) is 48.5. The fraction of sp³-hybridized carbons (Fsp3) is 0.0278. The van der Waals surface area contributed by atoms with Gasteiger partial charge in [0.2, 0.25) is 0 Å². The van der Waals surface area contributed by atoms with E-state index < -0.39 is 10.8 Å². The van der Waals surface area contributed by atoms with E-state index in [0.29, 0.717) is 0 Å². The summed E-state index contributed by atoms with van der Waals surface area (Å²) >= 11 is 0. The van der Waals surface area contributed by atoms with Crippen LogP contribution in [0, 0.1) is 0 Å². The minimum absolute atomic E-state index is 0.516. The third-order valence-electron chi connectivity index (χ3n) is 16.8. The SMILES string of the molecule is c1ccc(C2(c3ccccc3)c3ccccc3-c3ccc(N(c4ccccc4-c4cccc5c4oc4c6ccccc6ccc54)c4cccc5c4-c4ccccc4C54c5ccccc5-c5ccccc54)cc32)cc1. The third-order valence-corrected chi connectivity index (χ3v) is 16.8. The molecule has 0 fully saturated rings. The highest BCUT2D eigenvalue weighted by molar-refractivity contribution is 6.18. The maximum atomic E-state index is 7.15. The van der Waals surface area contributed by atoms with Crippen LogP contribution in [0.1, 0.15) is 44.5 Å². The molecule has 0 unspecified atom stereocenters. The average molecular weight is 940 g/mol. The number of rotatable bonds is 6. The minimum Gasteiger partial charge on any atom is -0.455 e. The van der Waals surface area contributed by atoms with Crippen molar-refractivity contribution in [2.75, 3.05) is 4.90 Å². The summed E-state index contributed by atoms with van der Waals surface area (Å²) in [7, 11) is 0. The molecule has 2 heteroatoms. The molecule has 0 bridgehead atoms. The van der Waals surface area contributed by atoms with Crippen LogP contribution < -0.4 is 4.90 Å². The average Bonchev–Trinajstić information content (AvgIpc) is 4.21. The van der Waals surface area contributed by atoms with E-state index in [-0.39, 0.29) is 0 Å². The number of furan rings is 1. The molecule has 3 aliphatic carbocycles. The molecule has 1 heterocycles. The van der Waals surface area contributed by atoms with Gasteiger partial charge in [-0.3, -0.25) is 0 Å². The summed E-state index contributed by atoms with van der Waals surface area (Å²) in [4.78, 5) is 2.57. The second-order valence-electron chi connectivity index (χ2n) is 20.1. The zero-order valence-electron chi connectivity index (χ0n) is 40.3. The van der Waals surface area contributed by atoms with Crippen molar-refractivity contribution in [2.45, 2.75) is 10.8 Å². The Morgan fingerprint density at radius 1 is 0.270 bits per heavy atom. The van der Waals surface area contributed by atoms with Gasteiger partial charge in [0.05, 0.1) is 22.2 Å². The molecule has 13 aromatic rings. The van der Waals surface area contributed by atoms with Gasteiger partial charge < -0.3 is 9.32 Å². The normalized spacial score (nSPS) is 13.9. The van der Waals surface area contributed by atoms with Crippen LogP contribution >= 0.6 is 0 Å². The van der Waals surface area contributed by atoms with Gasteiger partial charge in [-0.1, -0.05) is 243 Å². The Hall–Kier alpha value is -9.50. The maximum Gasteiger partial charge on any atom is 0.143 e. The molecule has 0 radical (unpaired) electrons. The highest BCUT2D eigenvalue weighted by Gasteiger charge is 2.53. The largest absolute Gasteiger partial charge is 0.455 e. The Morgan fingerprint density at radius 2 is 0.743 bits per heavy atom. The quantitative estimate of drug-likeness (QED) is 0.165. The van der Waals surface area contributed by atoms with E-state index in [0.717, 1.165) is 60.9 Å². The summed E-state index contributed by atoms with van der Waals surface area (Å²) in [6, 6.07) is 102. The van der Waals surface area contributed by atoms with Crippen LogP contribution in [0.25, 0.3) is 77.2 Å². The molecule has 74 heavy (non-hydrogen) atoms. The predicted octanol–water partition coefficient (Wildman–Crippen LogP) is 18.6. The van der Waals surface area contributed by atoms with E-state index in [1.165, 1.54) is 77.9 Å². The Bertz CT molecular complexity index is 4360. The lowest BCUT2D eigenvalue weighted by atomic mass is 9.67. The minimum atomic E-state index is -0.592. The van der Waals surface area contributed by atoms with Crippen molar-refractivity contribution in [3.05, 3.63) is 317 Å². The molecular formula is C72H45NO. The van der Waals surface area contributed by atoms with Crippen LogP contribution in [0.5, 0.6) is 0 Å². The lowest BCUT2D eigenvalue weighted by Gasteiger charge is -2.35. The molecule has 0 atom stereocenters. The molecule has 1 aromatic heterocycles. The zero-order valence-corrected chi connectivity index (χ0v) is 40.3. The summed E-state index contributed by atoms with van der Waals surface area (Å²) in [5, 5.41) is 4.50. The first-order valence-corrected chi connectivity index (χ1v) is 25.8. The molecule has 0 saturated heterocycles. The van der Waals surface area contributed by atoms with Crippen LogP contribution in [-0.2, 0) is 10.8 Å². The lowest BCUT2D eigenvalue weighted by Crippen LogP contribution is -2.28. The molecule has 344 valence electrons. The van der Waals surface area contributed by atoms with Gasteiger partial charge in [-0.15, -0.1) is 0 Å². The Labute approximate surface area is 429 Å². The third kappa shape index (κ3) is 5.33. The molecule has 0 saturated carbocycles. The van der Waals surface area contributed by atoms with E-state index >= 15 is 0 Å². The molecule has 0 amide bonds. The second-order valence-corrected chi connectivity index (χ2v) is 20.1. The van der Waals surface area contributed by atoms with Gasteiger partial charge >= 0.3 is 0 Å². The van der Waals surface area contributed by atoms with Crippen LogP contribution in [-0.4, -0.2) is 0 Å². The highest BCUT2D eigenvalue weighted by atomic mass is 16.3. The number of hydrogen-bond donors (Lipinski definition) is 0. The first-order valence-electron chi connectivity index (χ1n) is 25.8. The van der Waals surface area contributed by atoms with Crippen LogP contribution in [0.3, 0.4) is 0 Å². The molecule has 16 rings (SSSR count). The smallest absolute Gasteiger partial charge is 0.143 e. The standard InChI is InChI=1S/C72H45NO/c1-3-22-47(23-4-1)71(48-24-5-2-6-25-48)60-34-14-9-29-53(60)54-44-42-49(45-65(54)71)73(66-39-18-13-30-55(66)56-32-19-33-57-58-43-41-46-21-7-8-26-50(46)69(58)74-70(56)57)67-40-20-38-64-68(67)59-31-12-17-37-63(59)72(64)61-35-15-10-27-51(61)52-28-11-16-36-62(52)72/h1-45H. The summed E-state index contributed by atoms with van der Waals surface area (Å²) in [5.41, 5.74) is 23.9. The second kappa shape index (κ2) is 15.5. The van der Waals surface area contributed by atoms with Crippen molar-refractivity contribution >= 4 is 49.8 Å². The first-order chi connectivity index (χ1) is 36.7. The van der Waals surface area contributed by atoms with Gasteiger partial charge in [-0.25, -0.2) is 0 Å². The highest BCUT2D eigenvalue weighted by Crippen LogP contribution is 2.65. The van der Waals surface area contributed by atoms with Crippen molar-refractivity contribution in [3.8, 4) is 44.5 Å². The van der Waals surface area contributed by atoms with Gasteiger partial charge in [-0.05, 0) is 108 Å². The van der Waals surface area contributed by atoms with E-state index in [9.17, 15) is 0 Å². The molecular weight excluding hydrogens is 895 g/mol. The fourth-order valence-corrected chi connectivity index (χ4v) is 13.9. The van der Waals surface area contributed by atoms with Crippen molar-refractivity contribution in [3.63, 3.8) is 0 Å². The van der Waals surface area contributed by atoms with E-state index in [4.69, 9.17) is 4.42 Å². The monoisotopic (exact) mass is 939 g/mol. The van der Waals surface area contributed by atoms with Gasteiger partial charge in [0.25, 0.3) is 0 Å². The number of anilines is 3. The molecule has 0 N–H and O–H groups in total. The Balaban J connectivity index is 1.02. The number of fused-ring (bicyclic) bond motifs is 18. The summed E-state index contributed by atoms with van der Waals surface area (Å²) < 4.78 is 7.15. The number of benzene rings is 12. The van der Waals surface area contributed by atoms with Crippen molar-refractivity contribution in [2.24, 2.45) is 0 Å². The van der Waals surface area contributed by atoms with E-state index in [1.807, 2.05) is 0 Å². The lowest BCUT2D eigenvalue weighted by molar-refractivity contribution is 0.674. The van der Waals surface area contributed by atoms with Crippen molar-refractivity contribution < 1.29 is 4.42 Å².